The topological polar surface area (TPSA) is 73.1 Å². The van der Waals surface area contributed by atoms with Gasteiger partial charge in [0.1, 0.15) is 5.82 Å². The number of nitrogens with zero attached hydrogens (tertiary/aromatic N) is 5. The molecule has 0 saturated carbocycles. The Kier molecular flexibility index (Phi) is 5.05. The van der Waals surface area contributed by atoms with E-state index < -0.39 is 0 Å². The van der Waals surface area contributed by atoms with Crippen molar-refractivity contribution in [1.82, 2.24) is 19.5 Å². The lowest BCUT2D eigenvalue weighted by Crippen LogP contribution is -2.33. The summed E-state index contributed by atoms with van der Waals surface area (Å²) in [5.41, 5.74) is 0.659. The summed E-state index contributed by atoms with van der Waals surface area (Å²) in [5.74, 6) is 1.33. The molecule has 3 heterocycles. The third kappa shape index (κ3) is 3.40. The van der Waals surface area contributed by atoms with E-state index >= 15 is 0 Å². The number of benzene rings is 1. The second-order valence-corrected chi connectivity index (χ2v) is 6.93. The molecule has 0 spiro atoms. The Morgan fingerprint density at radius 1 is 1.26 bits per heavy atom. The molecule has 2 aromatic heterocycles. The van der Waals surface area contributed by atoms with E-state index in [2.05, 4.69) is 14.9 Å². The first kappa shape index (κ1) is 17.9. The van der Waals surface area contributed by atoms with Crippen LogP contribution in [0.1, 0.15) is 24.7 Å². The van der Waals surface area contributed by atoms with Gasteiger partial charge in [0.15, 0.2) is 0 Å². The predicted octanol–water partition coefficient (Wildman–Crippen LogP) is 2.83. The van der Waals surface area contributed by atoms with Gasteiger partial charge in [0.2, 0.25) is 5.95 Å². The third-order valence-corrected chi connectivity index (χ3v) is 5.02. The summed E-state index contributed by atoms with van der Waals surface area (Å²) in [6.45, 7) is 1.70. The molecule has 0 N–H and O–H groups in total. The minimum atomic E-state index is -0.0691. The van der Waals surface area contributed by atoms with Gasteiger partial charge < -0.3 is 9.64 Å². The van der Waals surface area contributed by atoms with Gasteiger partial charge in [-0.05, 0) is 25.0 Å². The molecule has 1 unspecified atom stereocenters. The van der Waals surface area contributed by atoms with Crippen molar-refractivity contribution in [2.45, 2.75) is 25.4 Å². The van der Waals surface area contributed by atoms with Crippen LogP contribution in [0, 0.1) is 0 Å². The number of para-hydroxylation sites is 1. The Hall–Kier alpha value is -2.51. The summed E-state index contributed by atoms with van der Waals surface area (Å²) < 4.78 is 6.94. The van der Waals surface area contributed by atoms with E-state index in [1.165, 1.54) is 0 Å². The Morgan fingerprint density at radius 2 is 2.04 bits per heavy atom. The monoisotopic (exact) mass is 385 g/mol. The summed E-state index contributed by atoms with van der Waals surface area (Å²) >= 11 is 5.93. The number of hydrogen-bond donors (Lipinski definition) is 0. The average molecular weight is 386 g/mol. The molecule has 0 aliphatic carbocycles. The van der Waals surface area contributed by atoms with Gasteiger partial charge in [-0.15, -0.1) is 0 Å². The lowest BCUT2D eigenvalue weighted by Gasteiger charge is -2.26. The van der Waals surface area contributed by atoms with Crippen LogP contribution in [0.25, 0.3) is 10.9 Å². The predicted molar refractivity (Wildman–Crippen MR) is 104 cm³/mol. The van der Waals surface area contributed by atoms with Gasteiger partial charge in [-0.25, -0.2) is 15.0 Å². The minimum Gasteiger partial charge on any atom is -0.383 e. The number of halogens is 1. The zero-order valence-corrected chi connectivity index (χ0v) is 15.8. The van der Waals surface area contributed by atoms with E-state index in [0.29, 0.717) is 35.0 Å². The third-order valence-electron chi connectivity index (χ3n) is 4.82. The van der Waals surface area contributed by atoms with Crippen LogP contribution in [0.3, 0.4) is 0 Å². The molecule has 3 aromatic rings. The van der Waals surface area contributed by atoms with Crippen LogP contribution in [0.2, 0.25) is 5.02 Å². The van der Waals surface area contributed by atoms with Crippen molar-refractivity contribution in [3.05, 3.63) is 57.9 Å². The molecule has 27 heavy (non-hydrogen) atoms. The SMILES string of the molecule is COCCn1c(C2CCCN2c2ncc(Cl)cn2)nc2ccccc2c1=O. The number of aromatic nitrogens is 4. The number of fused-ring (bicyclic) bond motifs is 1. The maximum absolute atomic E-state index is 13.1. The van der Waals surface area contributed by atoms with Crippen LogP contribution in [0.15, 0.2) is 41.5 Å². The fourth-order valence-corrected chi connectivity index (χ4v) is 3.66. The van der Waals surface area contributed by atoms with Crippen LogP contribution >= 0.6 is 11.6 Å². The maximum atomic E-state index is 13.1. The molecular weight excluding hydrogens is 366 g/mol. The van der Waals surface area contributed by atoms with Gasteiger partial charge >= 0.3 is 0 Å². The molecular formula is C19H20ClN5O2. The van der Waals surface area contributed by atoms with Gasteiger partial charge in [-0.2, -0.15) is 0 Å². The first-order valence-corrected chi connectivity index (χ1v) is 9.29. The summed E-state index contributed by atoms with van der Waals surface area (Å²) in [7, 11) is 1.63. The fourth-order valence-electron chi connectivity index (χ4n) is 3.57. The maximum Gasteiger partial charge on any atom is 0.261 e. The van der Waals surface area contributed by atoms with Crippen LogP contribution in [-0.4, -0.2) is 39.8 Å². The molecule has 1 aliphatic heterocycles. The molecule has 1 aliphatic rings. The van der Waals surface area contributed by atoms with E-state index in [1.807, 2.05) is 24.3 Å². The summed E-state index contributed by atoms with van der Waals surface area (Å²) in [6.07, 6.45) is 5.03. The van der Waals surface area contributed by atoms with Gasteiger partial charge in [0.05, 0.1) is 47.5 Å². The molecule has 1 aromatic carbocycles. The van der Waals surface area contributed by atoms with Crippen molar-refractivity contribution in [3.8, 4) is 0 Å². The highest BCUT2D eigenvalue weighted by Gasteiger charge is 2.32. The number of methoxy groups -OCH3 is 1. The van der Waals surface area contributed by atoms with Crippen molar-refractivity contribution in [2.24, 2.45) is 0 Å². The first-order chi connectivity index (χ1) is 13.2. The molecule has 7 nitrogen and oxygen atoms in total. The smallest absolute Gasteiger partial charge is 0.261 e. The highest BCUT2D eigenvalue weighted by Crippen LogP contribution is 2.33. The van der Waals surface area contributed by atoms with E-state index in [9.17, 15) is 4.79 Å². The number of rotatable bonds is 5. The lowest BCUT2D eigenvalue weighted by molar-refractivity contribution is 0.184. The molecule has 1 fully saturated rings. The normalized spacial score (nSPS) is 17.0. The molecule has 4 rings (SSSR count). The van der Waals surface area contributed by atoms with Crippen molar-refractivity contribution in [2.75, 3.05) is 25.2 Å². The van der Waals surface area contributed by atoms with Gasteiger partial charge in [0.25, 0.3) is 5.56 Å². The van der Waals surface area contributed by atoms with Gasteiger partial charge in [-0.3, -0.25) is 9.36 Å². The van der Waals surface area contributed by atoms with E-state index in [1.54, 1.807) is 24.1 Å². The van der Waals surface area contributed by atoms with Crippen molar-refractivity contribution in [3.63, 3.8) is 0 Å². The largest absolute Gasteiger partial charge is 0.383 e. The number of anilines is 1. The highest BCUT2D eigenvalue weighted by atomic mass is 35.5. The van der Waals surface area contributed by atoms with Crippen molar-refractivity contribution in [1.29, 1.82) is 0 Å². The highest BCUT2D eigenvalue weighted by molar-refractivity contribution is 6.30. The zero-order chi connectivity index (χ0) is 18.8. The second kappa shape index (κ2) is 7.62. The molecule has 0 radical (unpaired) electrons. The van der Waals surface area contributed by atoms with Gasteiger partial charge in [-0.1, -0.05) is 23.7 Å². The quantitative estimate of drug-likeness (QED) is 0.672. The van der Waals surface area contributed by atoms with Crippen LogP contribution < -0.4 is 10.5 Å². The molecule has 0 amide bonds. The fraction of sp³-hybridized carbons (Fsp3) is 0.368. The number of hydrogen-bond acceptors (Lipinski definition) is 6. The molecule has 8 heteroatoms. The average Bonchev–Trinajstić information content (AvgIpc) is 3.17. The van der Waals surface area contributed by atoms with E-state index in [4.69, 9.17) is 21.3 Å². The van der Waals surface area contributed by atoms with E-state index in [-0.39, 0.29) is 11.6 Å². The molecule has 1 saturated heterocycles. The molecule has 140 valence electrons. The zero-order valence-electron chi connectivity index (χ0n) is 15.0. The Bertz CT molecular complexity index is 1010. The molecule has 1 atom stereocenters. The standard InChI is InChI=1S/C19H20ClN5O2/c1-27-10-9-25-17(23-15-6-3-2-5-14(15)18(25)26)16-7-4-8-24(16)19-21-11-13(20)12-22-19/h2-3,5-6,11-12,16H,4,7-10H2,1H3. The van der Waals surface area contributed by atoms with Crippen molar-refractivity contribution >= 4 is 28.5 Å². The number of ether oxygens (including phenoxy) is 1. The van der Waals surface area contributed by atoms with Crippen LogP contribution in [-0.2, 0) is 11.3 Å². The van der Waals surface area contributed by atoms with Crippen LogP contribution in [0.4, 0.5) is 5.95 Å². The Labute approximate surface area is 161 Å². The lowest BCUT2D eigenvalue weighted by atomic mass is 10.1. The summed E-state index contributed by atoms with van der Waals surface area (Å²) in [5, 5.41) is 1.11. The molecule has 0 bridgehead atoms. The second-order valence-electron chi connectivity index (χ2n) is 6.49. The minimum absolute atomic E-state index is 0.0449. The summed E-state index contributed by atoms with van der Waals surface area (Å²) in [6, 6.07) is 7.37. The van der Waals surface area contributed by atoms with Crippen LogP contribution in [0.5, 0.6) is 0 Å². The van der Waals surface area contributed by atoms with Crippen molar-refractivity contribution < 1.29 is 4.74 Å². The van der Waals surface area contributed by atoms with E-state index in [0.717, 1.165) is 25.2 Å². The Morgan fingerprint density at radius 3 is 2.81 bits per heavy atom. The summed E-state index contributed by atoms with van der Waals surface area (Å²) in [4.78, 5) is 28.8. The Balaban J connectivity index is 1.83. The van der Waals surface area contributed by atoms with Gasteiger partial charge in [0, 0.05) is 13.7 Å². The first-order valence-electron chi connectivity index (χ1n) is 8.91.